The van der Waals surface area contributed by atoms with Gasteiger partial charge in [-0.2, -0.15) is 0 Å². The highest BCUT2D eigenvalue weighted by Crippen LogP contribution is 2.22. The van der Waals surface area contributed by atoms with Crippen LogP contribution in [0.1, 0.15) is 12.8 Å². The molecule has 5 nitrogen and oxygen atoms in total. The highest BCUT2D eigenvalue weighted by molar-refractivity contribution is 7.91. The van der Waals surface area contributed by atoms with Gasteiger partial charge < -0.3 is 10.6 Å². The van der Waals surface area contributed by atoms with E-state index in [9.17, 15) is 13.2 Å². The van der Waals surface area contributed by atoms with E-state index in [2.05, 4.69) is 10.6 Å². The molecule has 1 aromatic carbocycles. The fraction of sp³-hybridized carbons (Fsp3) is 0.462. The van der Waals surface area contributed by atoms with Crippen LogP contribution in [-0.2, 0) is 14.6 Å². The molecule has 21 heavy (non-hydrogen) atoms. The molecule has 0 radical (unpaired) electrons. The lowest BCUT2D eigenvalue weighted by molar-refractivity contribution is -0.121. The molecule has 8 heteroatoms. The lowest BCUT2D eigenvalue weighted by atomic mass is 10.2. The van der Waals surface area contributed by atoms with E-state index in [1.807, 2.05) is 0 Å². The van der Waals surface area contributed by atoms with Crippen LogP contribution in [0.2, 0.25) is 10.0 Å². The molecular weight excluding hydrogens is 335 g/mol. The number of rotatable bonds is 5. The average Bonchev–Trinajstić information content (AvgIpc) is 2.67. The minimum atomic E-state index is -2.97. The predicted octanol–water partition coefficient (Wildman–Crippen LogP) is 2.10. The number of carbonyl (C=O) groups is 1. The summed E-state index contributed by atoms with van der Waals surface area (Å²) in [4.78, 5) is 11.7. The summed E-state index contributed by atoms with van der Waals surface area (Å²) < 4.78 is 22.6. The monoisotopic (exact) mass is 350 g/mol. The summed E-state index contributed by atoms with van der Waals surface area (Å²) in [6.07, 6.45) is 0.742. The number of amides is 1. The lowest BCUT2D eigenvalue weighted by Crippen LogP contribution is -2.36. The molecule has 2 N–H and O–H groups in total. The van der Waals surface area contributed by atoms with Crippen LogP contribution in [0.4, 0.5) is 5.69 Å². The van der Waals surface area contributed by atoms with Gasteiger partial charge in [0.2, 0.25) is 5.91 Å². The number of carbonyl (C=O) groups excluding carboxylic acids is 1. The molecule has 1 fully saturated rings. The fourth-order valence-electron chi connectivity index (χ4n) is 2.18. The Morgan fingerprint density at radius 3 is 2.48 bits per heavy atom. The Morgan fingerprint density at radius 2 is 1.90 bits per heavy atom. The van der Waals surface area contributed by atoms with E-state index in [1.165, 1.54) is 0 Å². The number of hydrogen-bond donors (Lipinski definition) is 2. The van der Waals surface area contributed by atoms with Crippen LogP contribution >= 0.6 is 23.2 Å². The van der Waals surface area contributed by atoms with Gasteiger partial charge in [-0.25, -0.2) is 8.42 Å². The van der Waals surface area contributed by atoms with Crippen LogP contribution in [0.5, 0.6) is 0 Å². The van der Waals surface area contributed by atoms with E-state index in [0.29, 0.717) is 23.0 Å². The van der Waals surface area contributed by atoms with Crippen molar-refractivity contribution in [2.24, 2.45) is 0 Å². The predicted molar refractivity (Wildman–Crippen MR) is 84.8 cm³/mol. The maximum Gasteiger partial charge on any atom is 0.222 e. The molecule has 1 aliphatic rings. The van der Waals surface area contributed by atoms with Gasteiger partial charge in [-0.3, -0.25) is 4.79 Å². The third-order valence-corrected chi connectivity index (χ3v) is 5.35. The Hall–Kier alpha value is -0.980. The second-order valence-electron chi connectivity index (χ2n) is 5.00. The molecule has 1 saturated heterocycles. The number of nitrogens with one attached hydrogen (secondary N) is 2. The second-order valence-corrected chi connectivity index (χ2v) is 8.10. The summed E-state index contributed by atoms with van der Waals surface area (Å²) in [6.45, 7) is 0.419. The zero-order valence-corrected chi connectivity index (χ0v) is 13.6. The zero-order valence-electron chi connectivity index (χ0n) is 11.2. The van der Waals surface area contributed by atoms with Crippen molar-refractivity contribution >= 4 is 44.6 Å². The molecular formula is C13H16Cl2N2O3S. The fourth-order valence-corrected chi connectivity index (χ4v) is 4.38. The van der Waals surface area contributed by atoms with Crippen molar-refractivity contribution in [2.75, 3.05) is 23.4 Å². The van der Waals surface area contributed by atoms with E-state index in [4.69, 9.17) is 23.2 Å². The largest absolute Gasteiger partial charge is 0.384 e. The van der Waals surface area contributed by atoms with Crippen molar-refractivity contribution in [1.82, 2.24) is 5.32 Å². The molecule has 1 heterocycles. The minimum absolute atomic E-state index is 0.0378. The van der Waals surface area contributed by atoms with Gasteiger partial charge in [0.1, 0.15) is 0 Å². The first-order valence-electron chi connectivity index (χ1n) is 6.54. The third kappa shape index (κ3) is 5.37. The van der Waals surface area contributed by atoms with Crippen LogP contribution in [-0.4, -0.2) is 38.4 Å². The Labute approximate surface area is 133 Å². The van der Waals surface area contributed by atoms with Crippen molar-refractivity contribution in [1.29, 1.82) is 0 Å². The van der Waals surface area contributed by atoms with Gasteiger partial charge in [0.15, 0.2) is 9.84 Å². The SMILES string of the molecule is O=C(CCNc1cc(Cl)cc(Cl)c1)NC1CCS(=O)(=O)C1. The summed E-state index contributed by atoms with van der Waals surface area (Å²) in [5.74, 6) is 0.0190. The summed E-state index contributed by atoms with van der Waals surface area (Å²) in [5, 5.41) is 6.82. The van der Waals surface area contributed by atoms with Crippen LogP contribution in [0.3, 0.4) is 0 Å². The molecule has 0 spiro atoms. The van der Waals surface area contributed by atoms with Gasteiger partial charge >= 0.3 is 0 Å². The van der Waals surface area contributed by atoms with E-state index in [0.717, 1.165) is 5.69 Å². The first-order chi connectivity index (χ1) is 9.84. The third-order valence-electron chi connectivity index (χ3n) is 3.14. The Kier molecular flexibility index (Phi) is 5.35. The van der Waals surface area contributed by atoms with E-state index in [1.54, 1.807) is 18.2 Å². The molecule has 1 aliphatic heterocycles. The lowest BCUT2D eigenvalue weighted by Gasteiger charge is -2.11. The molecule has 0 aliphatic carbocycles. The Bertz CT molecular complexity index is 614. The average molecular weight is 351 g/mol. The molecule has 0 aromatic heterocycles. The quantitative estimate of drug-likeness (QED) is 0.852. The van der Waals surface area contributed by atoms with Crippen LogP contribution < -0.4 is 10.6 Å². The molecule has 2 rings (SSSR count). The van der Waals surface area contributed by atoms with E-state index in [-0.39, 0.29) is 29.9 Å². The van der Waals surface area contributed by atoms with Crippen molar-refractivity contribution in [3.8, 4) is 0 Å². The van der Waals surface area contributed by atoms with Gasteiger partial charge in [0.25, 0.3) is 0 Å². The highest BCUT2D eigenvalue weighted by Gasteiger charge is 2.28. The first kappa shape index (κ1) is 16.4. The number of halogens is 2. The molecule has 1 unspecified atom stereocenters. The van der Waals surface area contributed by atoms with Gasteiger partial charge in [-0.15, -0.1) is 0 Å². The maximum absolute atomic E-state index is 11.7. The van der Waals surface area contributed by atoms with Crippen molar-refractivity contribution in [2.45, 2.75) is 18.9 Å². The minimum Gasteiger partial charge on any atom is -0.384 e. The smallest absolute Gasteiger partial charge is 0.222 e. The molecule has 1 atom stereocenters. The number of anilines is 1. The number of sulfone groups is 1. The van der Waals surface area contributed by atoms with Crippen molar-refractivity contribution in [3.63, 3.8) is 0 Å². The first-order valence-corrected chi connectivity index (χ1v) is 9.11. The van der Waals surface area contributed by atoms with Crippen LogP contribution in [0.15, 0.2) is 18.2 Å². The molecule has 1 aromatic rings. The van der Waals surface area contributed by atoms with E-state index >= 15 is 0 Å². The van der Waals surface area contributed by atoms with Crippen molar-refractivity contribution < 1.29 is 13.2 Å². The molecule has 1 amide bonds. The Morgan fingerprint density at radius 1 is 1.24 bits per heavy atom. The normalized spacial score (nSPS) is 20.2. The molecule has 0 bridgehead atoms. The number of benzene rings is 1. The summed E-state index contributed by atoms with van der Waals surface area (Å²) in [7, 11) is -2.97. The maximum atomic E-state index is 11.7. The Balaban J connectivity index is 1.74. The van der Waals surface area contributed by atoms with Crippen LogP contribution in [0.25, 0.3) is 0 Å². The highest BCUT2D eigenvalue weighted by atomic mass is 35.5. The van der Waals surface area contributed by atoms with Gasteiger partial charge in [0.05, 0.1) is 11.5 Å². The summed E-state index contributed by atoms with van der Waals surface area (Å²) in [5.41, 5.74) is 0.740. The molecule has 116 valence electrons. The number of hydrogen-bond acceptors (Lipinski definition) is 4. The van der Waals surface area contributed by atoms with Gasteiger partial charge in [-0.05, 0) is 24.6 Å². The standard InChI is InChI=1S/C13H16Cl2N2O3S/c14-9-5-10(15)7-12(6-9)16-3-1-13(18)17-11-2-4-21(19,20)8-11/h5-7,11,16H,1-4,8H2,(H,17,18). The van der Waals surface area contributed by atoms with Gasteiger partial charge in [-0.1, -0.05) is 23.2 Å². The summed E-state index contributed by atoms with van der Waals surface area (Å²) >= 11 is 11.7. The topological polar surface area (TPSA) is 75.3 Å². The van der Waals surface area contributed by atoms with Gasteiger partial charge in [0, 0.05) is 34.7 Å². The van der Waals surface area contributed by atoms with Crippen molar-refractivity contribution in [3.05, 3.63) is 28.2 Å². The van der Waals surface area contributed by atoms with E-state index < -0.39 is 9.84 Å². The zero-order chi connectivity index (χ0) is 15.5. The summed E-state index contributed by atoms with van der Waals surface area (Å²) in [6, 6.07) is 4.80. The van der Waals surface area contributed by atoms with Crippen LogP contribution in [0, 0.1) is 0 Å². The second kappa shape index (κ2) is 6.85. The molecule has 0 saturated carbocycles.